The Bertz CT molecular complexity index is 2360. The normalized spacial score (nSPS) is 18.0. The van der Waals surface area contributed by atoms with E-state index >= 15 is 0 Å². The van der Waals surface area contributed by atoms with E-state index in [1.807, 2.05) is 26.0 Å². The minimum absolute atomic E-state index is 0.0216. The topological polar surface area (TPSA) is 612 Å². The van der Waals surface area contributed by atoms with Crippen LogP contribution in [0, 0.1) is 25.6 Å². The zero-order valence-electron chi connectivity index (χ0n) is 65.4. The first kappa shape index (κ1) is 97.8. The quantitative estimate of drug-likeness (QED) is 0.0116. The Morgan fingerprint density at radius 1 is 0.523 bits per heavy atom. The van der Waals surface area contributed by atoms with Crippen LogP contribution in [0.4, 0.5) is 0 Å². The van der Waals surface area contributed by atoms with E-state index in [4.69, 9.17) is 57.3 Å². The van der Waals surface area contributed by atoms with Crippen molar-refractivity contribution >= 4 is 48.0 Å². The van der Waals surface area contributed by atoms with Gasteiger partial charge in [0, 0.05) is 197 Å². The Labute approximate surface area is 640 Å². The number of rotatable bonds is 74. The van der Waals surface area contributed by atoms with Gasteiger partial charge in [0.25, 0.3) is 0 Å². The van der Waals surface area contributed by atoms with Crippen LogP contribution >= 0.6 is 0 Å². The van der Waals surface area contributed by atoms with Crippen molar-refractivity contribution in [3.63, 3.8) is 0 Å². The van der Waals surface area contributed by atoms with Crippen LogP contribution in [0.25, 0.3) is 0 Å². The first-order chi connectivity index (χ1) is 51.7. The molecule has 2 aliphatic heterocycles. The fourth-order valence-electron chi connectivity index (χ4n) is 13.0. The fourth-order valence-corrected chi connectivity index (χ4v) is 13.0. The summed E-state index contributed by atoms with van der Waals surface area (Å²) in [6, 6.07) is 0.497. The van der Waals surface area contributed by atoms with Gasteiger partial charge in [-0.05, 0) is 116 Å². The molecule has 2 heterocycles. The minimum atomic E-state index is -0.402. The van der Waals surface area contributed by atoms with Crippen molar-refractivity contribution in [1.29, 1.82) is 0 Å². The molecule has 0 unspecified atom stereocenters. The lowest BCUT2D eigenvalue weighted by atomic mass is 10.0. The van der Waals surface area contributed by atoms with Gasteiger partial charge < -0.3 is 147 Å². The number of amides is 3. The second kappa shape index (κ2) is 64.4. The van der Waals surface area contributed by atoms with E-state index in [2.05, 4.69) is 136 Å². The summed E-state index contributed by atoms with van der Waals surface area (Å²) in [4.78, 5) is 59.1. The van der Waals surface area contributed by atoms with Crippen LogP contribution in [-0.4, -0.2) is 330 Å². The van der Waals surface area contributed by atoms with Gasteiger partial charge in [-0.2, -0.15) is 0 Å². The summed E-state index contributed by atoms with van der Waals surface area (Å²) in [5.41, 5.74) is 56.1. The number of aliphatic hydroxyl groups excluding tert-OH is 3. The molecule has 0 spiro atoms. The van der Waals surface area contributed by atoms with Gasteiger partial charge >= 0.3 is 0 Å². The van der Waals surface area contributed by atoms with E-state index in [-0.39, 0.29) is 123 Å². The molecule has 2 fully saturated rings. The van der Waals surface area contributed by atoms with E-state index in [0.717, 1.165) is 130 Å². The number of aliphatic hydroxyl groups is 3. The van der Waals surface area contributed by atoms with Gasteiger partial charge in [0.15, 0.2) is 30.6 Å². The number of nitrogens with zero attached hydrogens (tertiary/aromatic N) is 5. The number of aliphatic imine (C=N–C) groups is 3. The molecular formula is C70H152N31O6. The number of guanidine groups is 3. The predicted molar refractivity (Wildman–Crippen MR) is 432 cm³/mol. The fraction of sp³-hybridized carbons (Fsp3) is 0.843. The monoisotopic (exact) mass is 1520 g/mol. The summed E-state index contributed by atoms with van der Waals surface area (Å²) < 4.78 is 0. The van der Waals surface area contributed by atoms with E-state index in [1.165, 1.54) is 0 Å². The van der Waals surface area contributed by atoms with Crippen molar-refractivity contribution in [2.45, 2.75) is 189 Å². The van der Waals surface area contributed by atoms with Gasteiger partial charge in [0.2, 0.25) is 30.5 Å². The number of primary amides is 3. The first-order valence-electron chi connectivity index (χ1n) is 39.4. The smallest absolute Gasteiger partial charge is 0.219 e. The molecule has 0 aliphatic carbocycles. The first-order valence-corrected chi connectivity index (χ1v) is 39.4. The third-order valence-electron chi connectivity index (χ3n) is 19.1. The number of carbonyl (C=O) groups excluding carboxylic acids is 3. The molecule has 2 aliphatic rings. The summed E-state index contributed by atoms with van der Waals surface area (Å²) in [6.45, 7) is 26.4. The Balaban J connectivity index is 1.78. The summed E-state index contributed by atoms with van der Waals surface area (Å²) in [6.07, 6.45) is 16.1. The van der Waals surface area contributed by atoms with Crippen molar-refractivity contribution in [3.8, 4) is 0 Å². The van der Waals surface area contributed by atoms with E-state index < -0.39 is 5.91 Å². The van der Waals surface area contributed by atoms with Crippen LogP contribution in [0.2, 0.25) is 0 Å². The van der Waals surface area contributed by atoms with E-state index in [0.29, 0.717) is 135 Å². The standard InChI is InChI=1S/C70H150N31O6/c1-52(2)35-59(39-86-29-32-88-57(11-6-20-93-70(79)80)47-100-33-8-13-64(100)46-99-55(10-5-19-92-69(77)78)41-96-58(37-71)36-67(74)107)89-30-27-83-22-21-82-23-25-85-38-54(9-4-18-91-68(75)76)94-44-61(50-103)97-42-56(15-17-66(73)106)95-43-60(49-102)90-31-28-84-24-26-87-45-63-12-7-34-101(63)48-62(51-104)98-40-53(81-3)14-16-65(72)105/h21,26-29,52-64,81-83,85-86,88-90,94-99,102-104H,4-20,22-25,30-51,71H2,1-3H3,(H2,72,105)(H2,73,106)(H2,74,107)(H4,75,76,91)(H4,77,78,92)(H4,79,80,93)/q-2/p+2/t53-,54-,55-,56-,57-,58-,59-,60+,61+,62+,63-,64-/m0/s1. The molecule has 39 N–H and O–H groups in total. The average molecular weight is 1520 g/mol. The molecule has 623 valence electrons. The van der Waals surface area contributed by atoms with Crippen molar-refractivity contribution in [2.24, 2.45) is 78.2 Å². The number of hydrogen-bond acceptors (Lipinski definition) is 26. The lowest BCUT2D eigenvalue weighted by molar-refractivity contribution is -0.484. The van der Waals surface area contributed by atoms with Crippen LogP contribution in [0.3, 0.4) is 0 Å². The molecule has 0 aromatic carbocycles. The van der Waals surface area contributed by atoms with Crippen molar-refractivity contribution < 1.29 is 39.7 Å². The Hall–Kier alpha value is -5.24. The van der Waals surface area contributed by atoms with Crippen LogP contribution in [0.5, 0.6) is 0 Å². The van der Waals surface area contributed by atoms with Crippen molar-refractivity contribution in [2.75, 3.05) is 184 Å². The zero-order chi connectivity index (χ0) is 78.5. The number of likely N-dealkylation sites (N-methyl/N-ethyl adjacent to an activating group) is 1. The summed E-state index contributed by atoms with van der Waals surface area (Å²) >= 11 is 0. The van der Waals surface area contributed by atoms with Crippen LogP contribution in [0.15, 0.2) is 15.0 Å². The Kier molecular flexibility index (Phi) is 58.9. The van der Waals surface area contributed by atoms with Gasteiger partial charge in [-0.3, -0.25) is 52.3 Å². The minimum Gasteiger partial charge on any atom is -0.493 e. The lowest BCUT2D eigenvalue weighted by Crippen LogP contribution is -2.80. The predicted octanol–water partition coefficient (Wildman–Crippen LogP) is -12.2. The molecule has 2 saturated heterocycles. The van der Waals surface area contributed by atoms with E-state index in [9.17, 15) is 29.7 Å². The van der Waals surface area contributed by atoms with Crippen LogP contribution in [0.1, 0.15) is 117 Å². The number of likely N-dealkylation sites (tertiary alicyclic amines) is 2. The second-order valence-corrected chi connectivity index (χ2v) is 28.8. The molecule has 0 aromatic heterocycles. The van der Waals surface area contributed by atoms with Gasteiger partial charge in [0.1, 0.15) is 0 Å². The van der Waals surface area contributed by atoms with Crippen LogP contribution < -0.4 is 142 Å². The van der Waals surface area contributed by atoms with Gasteiger partial charge in [-0.25, -0.2) is 9.98 Å². The molecule has 3 amide bonds. The highest BCUT2D eigenvalue weighted by Gasteiger charge is 2.30. The molecule has 0 aromatic rings. The molecular weight excluding hydrogens is 1370 g/mol. The molecule has 0 bridgehead atoms. The second-order valence-electron chi connectivity index (χ2n) is 28.8. The highest BCUT2D eigenvalue weighted by molar-refractivity contribution is 5.76. The average Bonchev–Trinajstić information content (AvgIpc) is 1.75. The molecule has 2 rings (SSSR count). The van der Waals surface area contributed by atoms with E-state index in [1.54, 1.807) is 0 Å². The maximum Gasteiger partial charge on any atom is 0.219 e. The molecule has 12 atom stereocenters. The van der Waals surface area contributed by atoms with Crippen LogP contribution in [-0.2, 0) is 14.4 Å². The maximum atomic E-state index is 11.9. The number of carbonyl (C=O) groups is 3. The molecule has 37 heteroatoms. The number of nitrogens with two attached hydrogens (primary N) is 10. The lowest BCUT2D eigenvalue weighted by Gasteiger charge is -2.31. The Morgan fingerprint density at radius 2 is 1.04 bits per heavy atom. The van der Waals surface area contributed by atoms with Gasteiger partial charge in [-0.15, -0.1) is 13.1 Å². The summed E-state index contributed by atoms with van der Waals surface area (Å²) in [5.74, 6) is -0.352. The SMILES string of the molecule is CN[C@@H](CCC(N)=O)CN[C@@H](CO)CN1CCC[C@H]1C[NH+]=CC[NH+]=CCN[C@@H](CO)CN[C@@H](CCC(N)=O)CN[C@@H](CO)CN[C@@H](CCCN=C(N)N)CNCCN[CH-]CN[CH-]CN[C@H](CN[CH]CN[C@@H](CCCN=C(N)N)CN1CCC[C@H]1CN[C@@H](CCCN=C(N)N)CN[C@H](CN)CC(N)=O)CC(C)C. The van der Waals surface area contributed by atoms with Crippen molar-refractivity contribution in [3.05, 3.63) is 19.6 Å². The third-order valence-corrected chi connectivity index (χ3v) is 19.1. The number of nitrogens with one attached hydrogen (secondary N) is 16. The molecule has 37 nitrogen and oxygen atoms in total. The van der Waals surface area contributed by atoms with Gasteiger partial charge in [-0.1, -0.05) is 13.8 Å². The largest absolute Gasteiger partial charge is 0.493 e. The molecule has 107 heavy (non-hydrogen) atoms. The highest BCUT2D eigenvalue weighted by Crippen LogP contribution is 2.19. The summed E-state index contributed by atoms with van der Waals surface area (Å²) in [5, 5.41) is 80.2. The molecule has 0 saturated carbocycles. The third kappa shape index (κ3) is 54.1. The molecule has 1 radical (unpaired) electrons. The highest BCUT2D eigenvalue weighted by atomic mass is 16.3. The zero-order valence-corrected chi connectivity index (χ0v) is 65.4. The van der Waals surface area contributed by atoms with Gasteiger partial charge in [0.05, 0.1) is 32.4 Å². The number of hydrogen-bond donors (Lipinski definition) is 29. The summed E-state index contributed by atoms with van der Waals surface area (Å²) in [7, 11) is 1.86. The van der Waals surface area contributed by atoms with Crippen molar-refractivity contribution in [1.82, 2.24) is 84.2 Å². The maximum absolute atomic E-state index is 11.9. The Morgan fingerprint density at radius 3 is 1.63 bits per heavy atom.